The lowest BCUT2D eigenvalue weighted by molar-refractivity contribution is 0.0976. The molecule has 0 aliphatic heterocycles. The number of pyridine rings is 1. The molecule has 2 N–H and O–H groups in total. The Balaban J connectivity index is 1.89. The number of nitrogens with one attached hydrogen (secondary N) is 2. The maximum atomic E-state index is 12.0. The summed E-state index contributed by atoms with van der Waals surface area (Å²) in [6, 6.07) is 11.0. The largest absolute Gasteiger partial charge is 0.358 e. The summed E-state index contributed by atoms with van der Waals surface area (Å²) in [5.41, 5.74) is 1.53. The number of carbonyl (C=O) groups is 1. The van der Waals surface area contributed by atoms with Crippen molar-refractivity contribution in [2.24, 2.45) is 0 Å². The summed E-state index contributed by atoms with van der Waals surface area (Å²) in [7, 11) is 0. The van der Waals surface area contributed by atoms with Crippen molar-refractivity contribution in [1.29, 1.82) is 0 Å². The molecule has 1 aromatic heterocycles. The summed E-state index contributed by atoms with van der Waals surface area (Å²) in [6.45, 7) is 0.517. The van der Waals surface area contributed by atoms with E-state index in [1.54, 1.807) is 30.6 Å². The molecule has 0 aliphatic carbocycles. The van der Waals surface area contributed by atoms with Crippen LogP contribution in [0.4, 0.5) is 0 Å². The molecule has 6 heteroatoms. The molecule has 20 heavy (non-hydrogen) atoms. The number of nitrogens with zero attached hydrogens (tertiary/aromatic N) is 1. The lowest BCUT2D eigenvalue weighted by atomic mass is 10.2. The van der Waals surface area contributed by atoms with Crippen LogP contribution in [0.25, 0.3) is 0 Å². The van der Waals surface area contributed by atoms with Crippen molar-refractivity contribution in [1.82, 2.24) is 15.6 Å². The van der Waals surface area contributed by atoms with Gasteiger partial charge in [-0.25, -0.2) is 0 Å². The van der Waals surface area contributed by atoms with Crippen LogP contribution in [0.15, 0.2) is 53.3 Å². The van der Waals surface area contributed by atoms with Gasteiger partial charge in [-0.2, -0.15) is 0 Å². The molecule has 0 fully saturated rings. The number of carbonyl (C=O) groups excluding carboxylic acids is 1. The third-order valence-electron chi connectivity index (χ3n) is 2.52. The molecule has 0 atom stereocenters. The summed E-state index contributed by atoms with van der Waals surface area (Å²) in [5, 5.41) is 5.89. The average Bonchev–Trinajstić information content (AvgIpc) is 2.46. The third kappa shape index (κ3) is 4.11. The highest BCUT2D eigenvalue weighted by molar-refractivity contribution is 9.10. The molecule has 0 radical (unpaired) electrons. The van der Waals surface area contributed by atoms with Crippen LogP contribution in [0, 0.1) is 0 Å². The Labute approximate surface area is 130 Å². The topological polar surface area (TPSA) is 54.0 Å². The Morgan fingerprint density at radius 2 is 2.05 bits per heavy atom. The van der Waals surface area contributed by atoms with Crippen LogP contribution in [-0.2, 0) is 6.54 Å². The Morgan fingerprint density at radius 3 is 2.75 bits per heavy atom. The van der Waals surface area contributed by atoms with Crippen molar-refractivity contribution in [2.45, 2.75) is 6.54 Å². The first-order valence-corrected chi connectivity index (χ1v) is 7.09. The molecule has 2 aromatic rings. The molecule has 0 unspecified atom stereocenters. The van der Waals surface area contributed by atoms with Gasteiger partial charge >= 0.3 is 0 Å². The number of amides is 1. The maximum absolute atomic E-state index is 12.0. The predicted octanol–water partition coefficient (Wildman–Crippen LogP) is 2.65. The van der Waals surface area contributed by atoms with Crippen LogP contribution in [-0.4, -0.2) is 16.0 Å². The Bertz CT molecular complexity index is 619. The van der Waals surface area contributed by atoms with Crippen LogP contribution in [0.2, 0.25) is 0 Å². The first-order valence-electron chi connectivity index (χ1n) is 5.89. The molecule has 0 saturated carbocycles. The van der Waals surface area contributed by atoms with E-state index in [4.69, 9.17) is 12.2 Å². The first kappa shape index (κ1) is 14.6. The van der Waals surface area contributed by atoms with Gasteiger partial charge in [0.15, 0.2) is 5.11 Å². The van der Waals surface area contributed by atoms with E-state index in [1.165, 1.54) is 0 Å². The van der Waals surface area contributed by atoms with Crippen LogP contribution in [0.5, 0.6) is 0 Å². The van der Waals surface area contributed by atoms with E-state index >= 15 is 0 Å². The van der Waals surface area contributed by atoms with Crippen molar-refractivity contribution in [3.8, 4) is 0 Å². The van der Waals surface area contributed by atoms with E-state index in [9.17, 15) is 4.79 Å². The van der Waals surface area contributed by atoms with Gasteiger partial charge in [-0.05, 0) is 51.9 Å². The van der Waals surface area contributed by atoms with Crippen molar-refractivity contribution in [3.05, 3.63) is 64.4 Å². The van der Waals surface area contributed by atoms with Crippen LogP contribution in [0.1, 0.15) is 15.9 Å². The van der Waals surface area contributed by atoms with Gasteiger partial charge in [-0.3, -0.25) is 15.1 Å². The van der Waals surface area contributed by atoms with E-state index in [0.29, 0.717) is 12.1 Å². The smallest absolute Gasteiger partial charge is 0.258 e. The van der Waals surface area contributed by atoms with Crippen molar-refractivity contribution < 1.29 is 4.79 Å². The van der Waals surface area contributed by atoms with E-state index < -0.39 is 0 Å². The highest BCUT2D eigenvalue weighted by Gasteiger charge is 2.10. The van der Waals surface area contributed by atoms with Crippen LogP contribution >= 0.6 is 28.1 Å². The standard InChI is InChI=1S/C14H12BrN3OS/c15-12-6-2-1-5-11(12)13(19)18-14(20)17-9-10-4-3-7-16-8-10/h1-8H,9H2,(H2,17,18,19,20). The fraction of sp³-hybridized carbons (Fsp3) is 0.0714. The molecule has 0 bridgehead atoms. The summed E-state index contributed by atoms with van der Waals surface area (Å²) in [5.74, 6) is -0.249. The third-order valence-corrected chi connectivity index (χ3v) is 3.46. The second-order valence-corrected chi connectivity index (χ2v) is 5.24. The van der Waals surface area contributed by atoms with Crippen molar-refractivity contribution in [2.75, 3.05) is 0 Å². The molecule has 4 nitrogen and oxygen atoms in total. The number of hydrogen-bond donors (Lipinski definition) is 2. The molecule has 1 heterocycles. The molecule has 0 aliphatic rings. The van der Waals surface area contributed by atoms with Gasteiger partial charge in [0.05, 0.1) is 5.56 Å². The lowest BCUT2D eigenvalue weighted by Gasteiger charge is -2.10. The highest BCUT2D eigenvalue weighted by atomic mass is 79.9. The summed E-state index contributed by atoms with van der Waals surface area (Å²) in [6.07, 6.45) is 3.45. The number of hydrogen-bond acceptors (Lipinski definition) is 3. The van der Waals surface area contributed by atoms with Gasteiger partial charge in [0, 0.05) is 23.4 Å². The average molecular weight is 350 g/mol. The minimum Gasteiger partial charge on any atom is -0.358 e. The Kier molecular flexibility index (Phi) is 5.20. The normalized spacial score (nSPS) is 9.85. The molecular formula is C14H12BrN3OS. The Hall–Kier alpha value is -1.79. The number of benzene rings is 1. The number of rotatable bonds is 3. The second kappa shape index (κ2) is 7.12. The highest BCUT2D eigenvalue weighted by Crippen LogP contribution is 2.15. The van der Waals surface area contributed by atoms with E-state index in [0.717, 1.165) is 10.0 Å². The van der Waals surface area contributed by atoms with E-state index in [-0.39, 0.29) is 11.0 Å². The summed E-state index contributed by atoms with van der Waals surface area (Å²) in [4.78, 5) is 16.0. The van der Waals surface area contributed by atoms with Gasteiger partial charge < -0.3 is 5.32 Å². The number of halogens is 1. The Morgan fingerprint density at radius 1 is 1.25 bits per heavy atom. The van der Waals surface area contributed by atoms with Crippen LogP contribution < -0.4 is 10.6 Å². The SMILES string of the molecule is O=C(NC(=S)NCc1cccnc1)c1ccccc1Br. The zero-order valence-electron chi connectivity index (χ0n) is 10.5. The van der Waals surface area contributed by atoms with E-state index in [1.807, 2.05) is 18.2 Å². The number of aromatic nitrogens is 1. The van der Waals surface area contributed by atoms with Gasteiger partial charge in [-0.1, -0.05) is 18.2 Å². The molecule has 2 rings (SSSR count). The molecular weight excluding hydrogens is 338 g/mol. The molecule has 1 amide bonds. The van der Waals surface area contributed by atoms with E-state index in [2.05, 4.69) is 31.5 Å². The van der Waals surface area contributed by atoms with Gasteiger partial charge in [0.25, 0.3) is 5.91 Å². The predicted molar refractivity (Wildman–Crippen MR) is 85.3 cm³/mol. The van der Waals surface area contributed by atoms with Gasteiger partial charge in [0.1, 0.15) is 0 Å². The fourth-order valence-corrected chi connectivity index (χ4v) is 2.17. The minimum absolute atomic E-state index is 0.249. The molecule has 102 valence electrons. The second-order valence-electron chi connectivity index (χ2n) is 3.98. The zero-order chi connectivity index (χ0) is 14.4. The van der Waals surface area contributed by atoms with Gasteiger partial charge in [0.2, 0.25) is 0 Å². The van der Waals surface area contributed by atoms with Crippen LogP contribution in [0.3, 0.4) is 0 Å². The van der Waals surface area contributed by atoms with Crippen molar-refractivity contribution in [3.63, 3.8) is 0 Å². The monoisotopic (exact) mass is 349 g/mol. The first-order chi connectivity index (χ1) is 9.66. The van der Waals surface area contributed by atoms with Gasteiger partial charge in [-0.15, -0.1) is 0 Å². The molecule has 0 saturated heterocycles. The summed E-state index contributed by atoms with van der Waals surface area (Å²) < 4.78 is 0.729. The quantitative estimate of drug-likeness (QED) is 0.836. The minimum atomic E-state index is -0.249. The van der Waals surface area contributed by atoms with Crippen molar-refractivity contribution >= 4 is 39.2 Å². The summed E-state index contributed by atoms with van der Waals surface area (Å²) >= 11 is 8.42. The number of thiocarbonyl (C=S) groups is 1. The lowest BCUT2D eigenvalue weighted by Crippen LogP contribution is -2.38. The maximum Gasteiger partial charge on any atom is 0.258 e. The fourth-order valence-electron chi connectivity index (χ4n) is 1.55. The molecule has 1 aromatic carbocycles. The molecule has 0 spiro atoms. The zero-order valence-corrected chi connectivity index (χ0v) is 12.9.